The molecule has 174 valence electrons. The van der Waals surface area contributed by atoms with Gasteiger partial charge in [0.2, 0.25) is 5.88 Å². The zero-order valence-electron chi connectivity index (χ0n) is 18.9. The predicted molar refractivity (Wildman–Crippen MR) is 127 cm³/mol. The molecule has 2 N–H and O–H groups in total. The molecule has 0 saturated heterocycles. The van der Waals surface area contributed by atoms with Crippen LogP contribution in [0.15, 0.2) is 41.7 Å². The SMILES string of the molecule is COc1cc(-c2cc(F)c3c(c2NC(=O)NSc2ccn(CCN(C)C)n2)CCC3)ccn1. The third-order valence-corrected chi connectivity index (χ3v) is 6.20. The summed E-state index contributed by atoms with van der Waals surface area (Å²) in [5.41, 5.74) is 3.45. The molecular weight excluding hydrogens is 443 g/mol. The minimum absolute atomic E-state index is 0.253. The predicted octanol–water partition coefficient (Wildman–Crippen LogP) is 3.97. The van der Waals surface area contributed by atoms with Gasteiger partial charge in [0.25, 0.3) is 0 Å². The van der Waals surface area contributed by atoms with Crippen LogP contribution in [0.3, 0.4) is 0 Å². The molecule has 0 fully saturated rings. The number of nitrogens with zero attached hydrogens (tertiary/aromatic N) is 4. The summed E-state index contributed by atoms with van der Waals surface area (Å²) in [5.74, 6) is 0.168. The molecule has 0 saturated carbocycles. The van der Waals surface area contributed by atoms with Crippen molar-refractivity contribution < 1.29 is 13.9 Å². The van der Waals surface area contributed by atoms with Gasteiger partial charge in [-0.05, 0) is 68.2 Å². The number of halogens is 1. The highest BCUT2D eigenvalue weighted by Crippen LogP contribution is 2.39. The van der Waals surface area contributed by atoms with Crippen molar-refractivity contribution in [1.82, 2.24) is 24.4 Å². The molecule has 0 radical (unpaired) electrons. The first-order valence-corrected chi connectivity index (χ1v) is 11.5. The third-order valence-electron chi connectivity index (χ3n) is 5.48. The Hall–Kier alpha value is -3.11. The Morgan fingerprint density at radius 1 is 1.27 bits per heavy atom. The molecule has 10 heteroatoms. The van der Waals surface area contributed by atoms with E-state index in [0.717, 1.165) is 42.6 Å². The van der Waals surface area contributed by atoms with Crippen molar-refractivity contribution in [2.75, 3.05) is 33.1 Å². The van der Waals surface area contributed by atoms with Gasteiger partial charge in [0, 0.05) is 42.5 Å². The van der Waals surface area contributed by atoms with E-state index in [9.17, 15) is 9.18 Å². The van der Waals surface area contributed by atoms with E-state index >= 15 is 0 Å². The smallest absolute Gasteiger partial charge is 0.329 e. The maximum atomic E-state index is 14.8. The first-order chi connectivity index (χ1) is 15.9. The molecule has 1 aliphatic rings. The number of pyridine rings is 1. The Bertz CT molecular complexity index is 1150. The van der Waals surface area contributed by atoms with E-state index in [2.05, 4.69) is 25.0 Å². The topological polar surface area (TPSA) is 84.3 Å². The van der Waals surface area contributed by atoms with Crippen LogP contribution in [-0.2, 0) is 19.4 Å². The van der Waals surface area contributed by atoms with E-state index in [1.54, 1.807) is 18.3 Å². The van der Waals surface area contributed by atoms with Gasteiger partial charge in [-0.2, -0.15) is 5.10 Å². The van der Waals surface area contributed by atoms with Crippen LogP contribution in [0.2, 0.25) is 0 Å². The summed E-state index contributed by atoms with van der Waals surface area (Å²) in [5, 5.41) is 8.09. The molecule has 0 unspecified atom stereocenters. The van der Waals surface area contributed by atoms with Crippen LogP contribution in [0.1, 0.15) is 17.5 Å². The summed E-state index contributed by atoms with van der Waals surface area (Å²) in [6.07, 6.45) is 5.71. The van der Waals surface area contributed by atoms with Crippen molar-refractivity contribution in [2.45, 2.75) is 30.8 Å². The number of fused-ring (bicyclic) bond motifs is 1. The van der Waals surface area contributed by atoms with Crippen molar-refractivity contribution >= 4 is 23.7 Å². The van der Waals surface area contributed by atoms with Gasteiger partial charge >= 0.3 is 6.03 Å². The lowest BCUT2D eigenvalue weighted by atomic mass is 9.97. The van der Waals surface area contributed by atoms with Crippen molar-refractivity contribution in [1.29, 1.82) is 0 Å². The molecule has 8 nitrogen and oxygen atoms in total. The Morgan fingerprint density at radius 2 is 2.09 bits per heavy atom. The second-order valence-electron chi connectivity index (χ2n) is 8.06. The maximum Gasteiger partial charge on any atom is 0.329 e. The average molecular weight is 471 g/mol. The number of urea groups is 1. The van der Waals surface area contributed by atoms with E-state index in [1.165, 1.54) is 13.2 Å². The van der Waals surface area contributed by atoms with Gasteiger partial charge in [0.15, 0.2) is 0 Å². The van der Waals surface area contributed by atoms with Crippen LogP contribution in [0, 0.1) is 5.82 Å². The summed E-state index contributed by atoms with van der Waals surface area (Å²) in [6, 6.07) is 6.44. The highest BCUT2D eigenvalue weighted by atomic mass is 32.2. The van der Waals surface area contributed by atoms with Gasteiger partial charge in [-0.3, -0.25) is 9.40 Å². The Balaban J connectivity index is 1.52. The van der Waals surface area contributed by atoms with Gasteiger partial charge in [-0.1, -0.05) is 0 Å². The molecule has 3 aromatic rings. The number of hydrogen-bond acceptors (Lipinski definition) is 6. The number of carbonyl (C=O) groups excluding carboxylic acids is 1. The van der Waals surface area contributed by atoms with Crippen molar-refractivity contribution in [2.24, 2.45) is 0 Å². The largest absolute Gasteiger partial charge is 0.481 e. The summed E-state index contributed by atoms with van der Waals surface area (Å²) in [4.78, 5) is 19.0. The molecule has 1 aliphatic carbocycles. The van der Waals surface area contributed by atoms with Gasteiger partial charge < -0.3 is 15.0 Å². The average Bonchev–Trinajstić information content (AvgIpc) is 3.48. The summed E-state index contributed by atoms with van der Waals surface area (Å²) in [6.45, 7) is 1.64. The lowest BCUT2D eigenvalue weighted by Gasteiger charge is -2.17. The minimum Gasteiger partial charge on any atom is -0.481 e. The van der Waals surface area contributed by atoms with E-state index in [-0.39, 0.29) is 5.82 Å². The number of benzene rings is 1. The highest BCUT2D eigenvalue weighted by molar-refractivity contribution is 7.97. The molecule has 2 heterocycles. The molecule has 0 spiro atoms. The number of anilines is 1. The quantitative estimate of drug-likeness (QED) is 0.485. The summed E-state index contributed by atoms with van der Waals surface area (Å²) in [7, 11) is 5.54. The number of rotatable bonds is 8. The van der Waals surface area contributed by atoms with Gasteiger partial charge in [0.05, 0.1) is 19.3 Å². The van der Waals surface area contributed by atoms with Crippen molar-refractivity contribution in [3.05, 3.63) is 53.6 Å². The zero-order valence-corrected chi connectivity index (χ0v) is 19.7. The molecule has 0 atom stereocenters. The number of hydrogen-bond donors (Lipinski definition) is 2. The normalized spacial score (nSPS) is 12.6. The number of nitrogens with one attached hydrogen (secondary N) is 2. The summed E-state index contributed by atoms with van der Waals surface area (Å²) >= 11 is 1.14. The first kappa shape index (κ1) is 23.1. The van der Waals surface area contributed by atoms with Crippen LogP contribution < -0.4 is 14.8 Å². The fraction of sp³-hybridized carbons (Fsp3) is 0.348. The van der Waals surface area contributed by atoms with Crippen molar-refractivity contribution in [3.63, 3.8) is 0 Å². The number of likely N-dealkylation sites (N-methyl/N-ethyl adjacent to an activating group) is 1. The number of ether oxygens (including phenoxy) is 1. The maximum absolute atomic E-state index is 14.8. The van der Waals surface area contributed by atoms with Crippen LogP contribution in [0.5, 0.6) is 5.88 Å². The van der Waals surface area contributed by atoms with Gasteiger partial charge in [0.1, 0.15) is 10.8 Å². The van der Waals surface area contributed by atoms with Crippen LogP contribution in [-0.4, -0.2) is 53.4 Å². The third kappa shape index (κ3) is 5.45. The van der Waals surface area contributed by atoms with Gasteiger partial charge in [-0.15, -0.1) is 0 Å². The Morgan fingerprint density at radius 3 is 2.88 bits per heavy atom. The molecular formula is C23H27FN6O2S. The fourth-order valence-electron chi connectivity index (χ4n) is 3.85. The van der Waals surface area contributed by atoms with E-state index in [0.29, 0.717) is 40.6 Å². The Labute approximate surface area is 196 Å². The highest BCUT2D eigenvalue weighted by Gasteiger charge is 2.24. The van der Waals surface area contributed by atoms with E-state index in [4.69, 9.17) is 4.74 Å². The van der Waals surface area contributed by atoms with E-state index in [1.807, 2.05) is 31.0 Å². The number of aromatic nitrogens is 3. The minimum atomic E-state index is -0.397. The molecule has 4 rings (SSSR count). The molecule has 1 aromatic carbocycles. The fourth-order valence-corrected chi connectivity index (χ4v) is 4.38. The molecule has 0 aliphatic heterocycles. The summed E-state index contributed by atoms with van der Waals surface area (Å²) < 4.78 is 24.7. The monoisotopic (exact) mass is 470 g/mol. The second-order valence-corrected chi connectivity index (χ2v) is 8.88. The van der Waals surface area contributed by atoms with Crippen LogP contribution in [0.25, 0.3) is 11.1 Å². The molecule has 33 heavy (non-hydrogen) atoms. The number of methoxy groups -OCH3 is 1. The molecule has 2 aromatic heterocycles. The van der Waals surface area contributed by atoms with Crippen LogP contribution >= 0.6 is 11.9 Å². The standard InChI is InChI=1S/C23H27FN6O2S/c1-29(2)11-12-30-10-8-21(27-30)33-28-23(31)26-22-17-6-4-5-16(17)19(24)14-18(22)15-7-9-25-20(13-15)32-3/h7-10,13-14H,4-6,11-12H2,1-3H3,(H2,26,28,31). The lowest BCUT2D eigenvalue weighted by Crippen LogP contribution is -2.24. The Kier molecular flexibility index (Phi) is 7.14. The van der Waals surface area contributed by atoms with E-state index < -0.39 is 6.03 Å². The molecule has 2 amide bonds. The van der Waals surface area contributed by atoms with Crippen LogP contribution in [0.4, 0.5) is 14.9 Å². The number of amides is 2. The van der Waals surface area contributed by atoms with Crippen molar-refractivity contribution in [3.8, 4) is 17.0 Å². The second kappa shape index (κ2) is 10.2. The number of carbonyl (C=O) groups is 1. The zero-order chi connectivity index (χ0) is 23.4. The lowest BCUT2D eigenvalue weighted by molar-refractivity contribution is 0.257. The molecule has 0 bridgehead atoms. The first-order valence-electron chi connectivity index (χ1n) is 10.7. The van der Waals surface area contributed by atoms with Gasteiger partial charge in [-0.25, -0.2) is 14.2 Å².